The van der Waals surface area contributed by atoms with Gasteiger partial charge in [0.2, 0.25) is 0 Å². The van der Waals surface area contributed by atoms with E-state index in [1.807, 2.05) is 12.1 Å². The van der Waals surface area contributed by atoms with E-state index in [1.165, 1.54) is 5.52 Å². The van der Waals surface area contributed by atoms with Crippen molar-refractivity contribution in [3.8, 4) is 0 Å². The molecule has 1 unspecified atom stereocenters. The van der Waals surface area contributed by atoms with E-state index in [0.29, 0.717) is 13.1 Å². The molecule has 0 radical (unpaired) electrons. The van der Waals surface area contributed by atoms with Gasteiger partial charge in [0.15, 0.2) is 0 Å². The molecule has 5 heteroatoms. The minimum atomic E-state index is -0.0803. The summed E-state index contributed by atoms with van der Waals surface area (Å²) in [5, 5.41) is 13.3. The summed E-state index contributed by atoms with van der Waals surface area (Å²) < 4.78 is 2.23. The highest BCUT2D eigenvalue weighted by Crippen LogP contribution is 2.22. The molecule has 1 aromatic carbocycles. The summed E-state index contributed by atoms with van der Waals surface area (Å²) >= 11 is 0. The number of aliphatic hydroxyl groups is 1. The van der Waals surface area contributed by atoms with Crippen LogP contribution in [0.25, 0.3) is 10.9 Å². The molecule has 0 aliphatic carbocycles. The van der Waals surface area contributed by atoms with Crippen molar-refractivity contribution in [2.24, 2.45) is 5.92 Å². The normalized spacial score (nSPS) is 18.1. The molecule has 1 atom stereocenters. The van der Waals surface area contributed by atoms with Crippen LogP contribution in [-0.2, 0) is 6.54 Å². The number of fused-ring (bicyclic) bond motifs is 1. The van der Waals surface area contributed by atoms with Gasteiger partial charge < -0.3 is 19.9 Å². The lowest BCUT2D eigenvalue weighted by Crippen LogP contribution is -2.33. The topological polar surface area (TPSA) is 57.5 Å². The third-order valence-electron chi connectivity index (χ3n) is 4.32. The first-order valence-electron chi connectivity index (χ1n) is 7.97. The number of rotatable bonds is 4. The third-order valence-corrected chi connectivity index (χ3v) is 4.32. The van der Waals surface area contributed by atoms with Gasteiger partial charge in [-0.05, 0) is 37.1 Å². The van der Waals surface area contributed by atoms with Crippen molar-refractivity contribution in [1.29, 1.82) is 0 Å². The predicted octanol–water partition coefficient (Wildman–Crippen LogP) is 2.90. The zero-order chi connectivity index (χ0) is 15.5. The molecular formula is C17H23N3O2. The highest BCUT2D eigenvalue weighted by atomic mass is 16.3. The number of benzene rings is 1. The first-order valence-corrected chi connectivity index (χ1v) is 7.97. The zero-order valence-corrected chi connectivity index (χ0v) is 13.0. The molecular weight excluding hydrogens is 278 g/mol. The number of likely N-dealkylation sites (tertiary alicyclic amines) is 1. The van der Waals surface area contributed by atoms with E-state index in [4.69, 9.17) is 5.11 Å². The van der Waals surface area contributed by atoms with Crippen molar-refractivity contribution in [3.63, 3.8) is 0 Å². The predicted molar refractivity (Wildman–Crippen MR) is 88.0 cm³/mol. The van der Waals surface area contributed by atoms with Crippen molar-refractivity contribution < 1.29 is 9.90 Å². The van der Waals surface area contributed by atoms with E-state index in [-0.39, 0.29) is 18.6 Å². The number of hydrogen-bond acceptors (Lipinski definition) is 2. The molecule has 22 heavy (non-hydrogen) atoms. The summed E-state index contributed by atoms with van der Waals surface area (Å²) in [5.74, 6) is 0.219. The largest absolute Gasteiger partial charge is 0.396 e. The van der Waals surface area contributed by atoms with Crippen LogP contribution in [0.15, 0.2) is 30.5 Å². The first kappa shape index (κ1) is 14.9. The number of carbonyl (C=O) groups is 1. The Kier molecular flexibility index (Phi) is 4.34. The molecule has 1 saturated heterocycles. The molecule has 2 aromatic rings. The lowest BCUT2D eigenvalue weighted by atomic mass is 10.1. The Bertz CT molecular complexity index is 665. The van der Waals surface area contributed by atoms with Crippen molar-refractivity contribution in [2.75, 3.05) is 25.0 Å². The Morgan fingerprint density at radius 1 is 1.41 bits per heavy atom. The number of carbonyl (C=O) groups excluding carboxylic acids is 1. The van der Waals surface area contributed by atoms with E-state index in [0.717, 1.165) is 30.5 Å². The number of nitrogens with one attached hydrogen (secondary N) is 1. The van der Waals surface area contributed by atoms with E-state index in [9.17, 15) is 4.79 Å². The highest BCUT2D eigenvalue weighted by molar-refractivity contribution is 5.93. The van der Waals surface area contributed by atoms with Crippen LogP contribution in [0.2, 0.25) is 0 Å². The Morgan fingerprint density at radius 3 is 3.00 bits per heavy atom. The standard InChI is InChI=1S/C17H23N3O2/c1-2-7-19-9-6-14-10-15(3-4-16(14)19)18-17(22)20-8-5-13(11-20)12-21/h3-4,6,9-10,13,21H,2,5,7-8,11-12H2,1H3,(H,18,22). The van der Waals surface area contributed by atoms with Crippen molar-refractivity contribution in [3.05, 3.63) is 30.5 Å². The zero-order valence-electron chi connectivity index (χ0n) is 13.0. The summed E-state index contributed by atoms with van der Waals surface area (Å²) in [6.45, 7) is 4.67. The van der Waals surface area contributed by atoms with Crippen molar-refractivity contribution in [2.45, 2.75) is 26.3 Å². The Labute approximate surface area is 130 Å². The number of aliphatic hydroxyl groups excluding tert-OH is 1. The lowest BCUT2D eigenvalue weighted by Gasteiger charge is -2.17. The quantitative estimate of drug-likeness (QED) is 0.912. The van der Waals surface area contributed by atoms with Crippen LogP contribution in [0.4, 0.5) is 10.5 Å². The molecule has 1 fully saturated rings. The van der Waals surface area contributed by atoms with Crippen molar-refractivity contribution >= 4 is 22.6 Å². The number of urea groups is 1. The van der Waals surface area contributed by atoms with E-state index in [1.54, 1.807) is 4.90 Å². The molecule has 0 bridgehead atoms. The van der Waals surface area contributed by atoms with Crippen LogP contribution in [0.3, 0.4) is 0 Å². The average Bonchev–Trinajstić information content (AvgIpc) is 3.14. The second-order valence-electron chi connectivity index (χ2n) is 6.00. The average molecular weight is 301 g/mol. The molecule has 1 aromatic heterocycles. The van der Waals surface area contributed by atoms with E-state index in [2.05, 4.69) is 35.1 Å². The van der Waals surface area contributed by atoms with Crippen LogP contribution in [0, 0.1) is 5.92 Å². The van der Waals surface area contributed by atoms with Crippen LogP contribution in [0.1, 0.15) is 19.8 Å². The van der Waals surface area contributed by atoms with Gasteiger partial charge in [-0.3, -0.25) is 0 Å². The second kappa shape index (κ2) is 6.40. The van der Waals surface area contributed by atoms with Gasteiger partial charge in [-0.25, -0.2) is 4.79 Å². The van der Waals surface area contributed by atoms with Crippen LogP contribution in [-0.4, -0.2) is 40.3 Å². The monoisotopic (exact) mass is 301 g/mol. The van der Waals surface area contributed by atoms with Gasteiger partial charge in [-0.1, -0.05) is 6.92 Å². The molecule has 118 valence electrons. The third kappa shape index (κ3) is 2.95. The van der Waals surface area contributed by atoms with Gasteiger partial charge in [-0.15, -0.1) is 0 Å². The van der Waals surface area contributed by atoms with Gasteiger partial charge in [0.1, 0.15) is 0 Å². The second-order valence-corrected chi connectivity index (χ2v) is 6.00. The van der Waals surface area contributed by atoms with Gasteiger partial charge in [0.25, 0.3) is 0 Å². The van der Waals surface area contributed by atoms with Gasteiger partial charge in [0, 0.05) is 54.9 Å². The fourth-order valence-electron chi connectivity index (χ4n) is 3.08. The maximum Gasteiger partial charge on any atom is 0.321 e. The van der Waals surface area contributed by atoms with Gasteiger partial charge >= 0.3 is 6.03 Å². The number of aromatic nitrogens is 1. The van der Waals surface area contributed by atoms with Gasteiger partial charge in [-0.2, -0.15) is 0 Å². The van der Waals surface area contributed by atoms with Crippen LogP contribution < -0.4 is 5.32 Å². The summed E-state index contributed by atoms with van der Waals surface area (Å²) in [5.41, 5.74) is 2.01. The fourth-order valence-corrected chi connectivity index (χ4v) is 3.08. The molecule has 2 heterocycles. The van der Waals surface area contributed by atoms with Crippen LogP contribution in [0.5, 0.6) is 0 Å². The van der Waals surface area contributed by atoms with E-state index < -0.39 is 0 Å². The maximum absolute atomic E-state index is 12.2. The van der Waals surface area contributed by atoms with Gasteiger partial charge in [0.05, 0.1) is 0 Å². The molecule has 5 nitrogen and oxygen atoms in total. The molecule has 1 aliphatic rings. The fraction of sp³-hybridized carbons (Fsp3) is 0.471. The van der Waals surface area contributed by atoms with Crippen LogP contribution >= 0.6 is 0 Å². The summed E-state index contributed by atoms with van der Waals surface area (Å²) in [6, 6.07) is 8.02. The summed E-state index contributed by atoms with van der Waals surface area (Å²) in [7, 11) is 0. The molecule has 2 amide bonds. The van der Waals surface area contributed by atoms with Crippen molar-refractivity contribution in [1.82, 2.24) is 9.47 Å². The molecule has 2 N–H and O–H groups in total. The summed E-state index contributed by atoms with van der Waals surface area (Å²) in [6.07, 6.45) is 4.07. The Balaban J connectivity index is 1.70. The number of aryl methyl sites for hydroxylation is 1. The molecule has 3 rings (SSSR count). The van der Waals surface area contributed by atoms with E-state index >= 15 is 0 Å². The number of amides is 2. The number of anilines is 1. The minimum Gasteiger partial charge on any atom is -0.396 e. The summed E-state index contributed by atoms with van der Waals surface area (Å²) in [4.78, 5) is 14.0. The maximum atomic E-state index is 12.2. The highest BCUT2D eigenvalue weighted by Gasteiger charge is 2.25. The Hall–Kier alpha value is -2.01. The Morgan fingerprint density at radius 2 is 2.27 bits per heavy atom. The molecule has 1 aliphatic heterocycles. The minimum absolute atomic E-state index is 0.0803. The number of nitrogens with zero attached hydrogens (tertiary/aromatic N) is 2. The molecule has 0 saturated carbocycles. The number of hydrogen-bond donors (Lipinski definition) is 2. The first-order chi connectivity index (χ1) is 10.7. The lowest BCUT2D eigenvalue weighted by molar-refractivity contribution is 0.209. The molecule has 0 spiro atoms. The smallest absolute Gasteiger partial charge is 0.321 e. The SMILES string of the molecule is CCCn1ccc2cc(NC(=O)N3CCC(CO)C3)ccc21.